The van der Waals surface area contributed by atoms with Crippen LogP contribution >= 0.6 is 0 Å². The maximum absolute atomic E-state index is 6.24. The Morgan fingerprint density at radius 2 is 2.10 bits per heavy atom. The minimum atomic E-state index is 0.199. The van der Waals surface area contributed by atoms with E-state index in [-0.39, 0.29) is 5.54 Å². The number of nitrogens with two attached hydrogens (primary N) is 1. The summed E-state index contributed by atoms with van der Waals surface area (Å²) in [5, 5.41) is 0. The quantitative estimate of drug-likeness (QED) is 0.805. The molecule has 0 spiro atoms. The van der Waals surface area contributed by atoms with Crippen LogP contribution in [0.4, 0.5) is 0 Å². The normalized spacial score (nSPS) is 32.7. The van der Waals surface area contributed by atoms with E-state index in [2.05, 4.69) is 23.6 Å². The van der Waals surface area contributed by atoms with Gasteiger partial charge in [-0.3, -0.25) is 4.90 Å². The maximum Gasteiger partial charge on any atom is 0.0703 e. The average molecular weight is 283 g/mol. The number of rotatable bonds is 6. The summed E-state index contributed by atoms with van der Waals surface area (Å²) in [6.07, 6.45) is 6.59. The Labute approximate surface area is 124 Å². The molecule has 2 heterocycles. The van der Waals surface area contributed by atoms with Gasteiger partial charge in [-0.1, -0.05) is 13.8 Å². The fourth-order valence-corrected chi connectivity index (χ4v) is 3.89. The molecule has 2 unspecified atom stereocenters. The summed E-state index contributed by atoms with van der Waals surface area (Å²) in [4.78, 5) is 5.19. The zero-order chi connectivity index (χ0) is 14.4. The smallest absolute Gasteiger partial charge is 0.0703 e. The van der Waals surface area contributed by atoms with Gasteiger partial charge < -0.3 is 15.4 Å². The first-order valence-corrected chi connectivity index (χ1v) is 8.53. The highest BCUT2D eigenvalue weighted by Crippen LogP contribution is 2.29. The van der Waals surface area contributed by atoms with E-state index in [1.807, 2.05) is 0 Å². The van der Waals surface area contributed by atoms with Crippen molar-refractivity contribution in [3.63, 3.8) is 0 Å². The Kier molecular flexibility index (Phi) is 6.27. The van der Waals surface area contributed by atoms with Crippen molar-refractivity contribution in [3.8, 4) is 0 Å². The molecule has 2 saturated heterocycles. The van der Waals surface area contributed by atoms with Crippen LogP contribution < -0.4 is 5.73 Å². The van der Waals surface area contributed by atoms with Crippen molar-refractivity contribution in [2.24, 2.45) is 5.73 Å². The average Bonchev–Trinajstić information content (AvgIpc) is 2.90. The molecule has 2 aliphatic heterocycles. The van der Waals surface area contributed by atoms with Crippen molar-refractivity contribution >= 4 is 0 Å². The second-order valence-electron chi connectivity index (χ2n) is 6.39. The first-order chi connectivity index (χ1) is 9.74. The van der Waals surface area contributed by atoms with Gasteiger partial charge in [0.15, 0.2) is 0 Å². The zero-order valence-electron chi connectivity index (χ0n) is 13.4. The van der Waals surface area contributed by atoms with E-state index in [1.54, 1.807) is 0 Å². The summed E-state index contributed by atoms with van der Waals surface area (Å²) in [5.74, 6) is 0. The molecule has 0 aromatic heterocycles. The molecule has 0 aliphatic carbocycles. The minimum absolute atomic E-state index is 0.199. The third-order valence-electron chi connectivity index (χ3n) is 5.34. The number of hydrogen-bond acceptors (Lipinski definition) is 4. The van der Waals surface area contributed by atoms with Crippen molar-refractivity contribution < 1.29 is 4.74 Å². The van der Waals surface area contributed by atoms with Gasteiger partial charge in [0.1, 0.15) is 0 Å². The molecule has 4 heteroatoms. The highest BCUT2D eigenvalue weighted by Gasteiger charge is 2.37. The van der Waals surface area contributed by atoms with Crippen LogP contribution in [0.3, 0.4) is 0 Å². The van der Waals surface area contributed by atoms with Crippen LogP contribution in [0, 0.1) is 0 Å². The Morgan fingerprint density at radius 1 is 1.25 bits per heavy atom. The van der Waals surface area contributed by atoms with Gasteiger partial charge in [0, 0.05) is 25.2 Å². The van der Waals surface area contributed by atoms with Crippen LogP contribution in [-0.2, 0) is 4.74 Å². The van der Waals surface area contributed by atoms with Crippen LogP contribution in [0.5, 0.6) is 0 Å². The van der Waals surface area contributed by atoms with Crippen molar-refractivity contribution in [1.82, 2.24) is 9.80 Å². The largest absolute Gasteiger partial charge is 0.377 e. The van der Waals surface area contributed by atoms with Crippen molar-refractivity contribution in [3.05, 3.63) is 0 Å². The van der Waals surface area contributed by atoms with Crippen molar-refractivity contribution in [2.45, 2.75) is 57.6 Å². The highest BCUT2D eigenvalue weighted by atomic mass is 16.5. The lowest BCUT2D eigenvalue weighted by Crippen LogP contribution is -2.56. The van der Waals surface area contributed by atoms with Crippen LogP contribution in [-0.4, -0.2) is 67.3 Å². The van der Waals surface area contributed by atoms with Crippen LogP contribution in [0.2, 0.25) is 0 Å². The first kappa shape index (κ1) is 16.2. The van der Waals surface area contributed by atoms with E-state index >= 15 is 0 Å². The van der Waals surface area contributed by atoms with Gasteiger partial charge in [-0.15, -0.1) is 0 Å². The van der Waals surface area contributed by atoms with Gasteiger partial charge in [0.25, 0.3) is 0 Å². The van der Waals surface area contributed by atoms with Crippen LogP contribution in [0.1, 0.15) is 46.0 Å². The fourth-order valence-electron chi connectivity index (χ4n) is 3.89. The van der Waals surface area contributed by atoms with Gasteiger partial charge in [-0.25, -0.2) is 0 Å². The summed E-state index contributed by atoms with van der Waals surface area (Å²) in [5.41, 5.74) is 6.44. The van der Waals surface area contributed by atoms with Gasteiger partial charge in [-0.2, -0.15) is 0 Å². The van der Waals surface area contributed by atoms with E-state index in [0.717, 1.165) is 26.2 Å². The maximum atomic E-state index is 6.24. The van der Waals surface area contributed by atoms with Crippen molar-refractivity contribution in [1.29, 1.82) is 0 Å². The molecule has 2 fully saturated rings. The Morgan fingerprint density at radius 3 is 2.70 bits per heavy atom. The molecule has 4 nitrogen and oxygen atoms in total. The molecule has 118 valence electrons. The van der Waals surface area contributed by atoms with Gasteiger partial charge in [0.05, 0.1) is 6.10 Å². The second-order valence-corrected chi connectivity index (χ2v) is 6.39. The summed E-state index contributed by atoms with van der Waals surface area (Å²) >= 11 is 0. The Balaban J connectivity index is 2.01. The standard InChI is InChI=1S/C16H33N3O/c1-3-18-10-6-8-16(14-17,9-11-18)19(4-2)13-15-7-5-12-20-15/h15H,3-14,17H2,1-2H3. The lowest BCUT2D eigenvalue weighted by molar-refractivity contribution is 0.0172. The van der Waals surface area contributed by atoms with E-state index in [0.29, 0.717) is 6.10 Å². The number of likely N-dealkylation sites (N-methyl/N-ethyl adjacent to an activating group) is 1. The molecule has 0 bridgehead atoms. The van der Waals surface area contributed by atoms with E-state index in [1.165, 1.54) is 51.7 Å². The molecule has 20 heavy (non-hydrogen) atoms. The molecule has 0 radical (unpaired) electrons. The number of hydrogen-bond donors (Lipinski definition) is 1. The molecular formula is C16H33N3O. The predicted octanol–water partition coefficient (Wildman–Crippen LogP) is 1.69. The highest BCUT2D eigenvalue weighted by molar-refractivity contribution is 4.95. The summed E-state index contributed by atoms with van der Waals surface area (Å²) in [7, 11) is 0. The molecule has 0 aromatic rings. The lowest BCUT2D eigenvalue weighted by Gasteiger charge is -2.43. The Hall–Kier alpha value is -0.160. The van der Waals surface area contributed by atoms with E-state index < -0.39 is 0 Å². The lowest BCUT2D eigenvalue weighted by atomic mass is 9.88. The second kappa shape index (κ2) is 7.74. The summed E-state index contributed by atoms with van der Waals surface area (Å²) in [6, 6.07) is 0. The molecule has 2 aliphatic rings. The predicted molar refractivity (Wildman–Crippen MR) is 84.0 cm³/mol. The molecule has 0 amide bonds. The number of ether oxygens (including phenoxy) is 1. The fraction of sp³-hybridized carbons (Fsp3) is 1.00. The van der Waals surface area contributed by atoms with E-state index in [4.69, 9.17) is 10.5 Å². The molecular weight excluding hydrogens is 250 g/mol. The van der Waals surface area contributed by atoms with E-state index in [9.17, 15) is 0 Å². The van der Waals surface area contributed by atoms with Crippen LogP contribution in [0.25, 0.3) is 0 Å². The third-order valence-corrected chi connectivity index (χ3v) is 5.34. The molecule has 2 rings (SSSR count). The first-order valence-electron chi connectivity index (χ1n) is 8.53. The zero-order valence-corrected chi connectivity index (χ0v) is 13.4. The monoisotopic (exact) mass is 283 g/mol. The van der Waals surface area contributed by atoms with Gasteiger partial charge >= 0.3 is 0 Å². The molecule has 0 saturated carbocycles. The molecule has 2 N–H and O–H groups in total. The minimum Gasteiger partial charge on any atom is -0.377 e. The van der Waals surface area contributed by atoms with Gasteiger partial charge in [0.2, 0.25) is 0 Å². The molecule has 2 atom stereocenters. The molecule has 0 aromatic carbocycles. The SMILES string of the molecule is CCN1CCCC(CN)(N(CC)CC2CCCO2)CC1. The Bertz CT molecular complexity index is 281. The number of likely N-dealkylation sites (tertiary alicyclic amines) is 1. The van der Waals surface area contributed by atoms with Gasteiger partial charge in [-0.05, 0) is 58.3 Å². The summed E-state index contributed by atoms with van der Waals surface area (Å²) < 4.78 is 5.85. The van der Waals surface area contributed by atoms with Crippen LogP contribution in [0.15, 0.2) is 0 Å². The topological polar surface area (TPSA) is 41.7 Å². The van der Waals surface area contributed by atoms with Crippen molar-refractivity contribution in [2.75, 3.05) is 45.9 Å². The summed E-state index contributed by atoms with van der Waals surface area (Å²) in [6.45, 7) is 12.0. The number of nitrogens with zero attached hydrogens (tertiary/aromatic N) is 2. The third kappa shape index (κ3) is 3.73.